The first kappa shape index (κ1) is 12.2. The summed E-state index contributed by atoms with van der Waals surface area (Å²) in [6, 6.07) is 2.01. The van der Waals surface area contributed by atoms with Crippen LogP contribution in [0.4, 0.5) is 4.39 Å². The molecule has 0 saturated carbocycles. The summed E-state index contributed by atoms with van der Waals surface area (Å²) in [4.78, 5) is 0. The van der Waals surface area contributed by atoms with Crippen molar-refractivity contribution in [2.45, 2.75) is 19.4 Å². The van der Waals surface area contributed by atoms with Gasteiger partial charge in [-0.2, -0.15) is 0 Å². The number of phenols is 1. The molecule has 0 aliphatic rings. The number of phenolic OH excluding ortho intramolecular Hbond substituents is 1. The van der Waals surface area contributed by atoms with Crippen LogP contribution in [0.5, 0.6) is 5.75 Å². The predicted octanol–water partition coefficient (Wildman–Crippen LogP) is 3.26. The van der Waals surface area contributed by atoms with Crippen molar-refractivity contribution < 1.29 is 9.50 Å². The summed E-state index contributed by atoms with van der Waals surface area (Å²) >= 11 is 3.06. The van der Waals surface area contributed by atoms with Gasteiger partial charge in [0.1, 0.15) is 11.6 Å². The average Bonchev–Trinajstić information content (AvgIpc) is 2.09. The lowest BCUT2D eigenvalue weighted by Crippen LogP contribution is -2.11. The first-order valence-corrected chi connectivity index (χ1v) is 5.29. The lowest BCUT2D eigenvalue weighted by atomic mass is 10.0. The van der Waals surface area contributed by atoms with E-state index in [0.29, 0.717) is 16.5 Å². The van der Waals surface area contributed by atoms with Crippen LogP contribution in [-0.4, -0.2) is 5.11 Å². The zero-order valence-electron chi connectivity index (χ0n) is 8.43. The van der Waals surface area contributed by atoms with E-state index >= 15 is 0 Å². The molecule has 0 aromatic heterocycles. The van der Waals surface area contributed by atoms with Crippen molar-refractivity contribution in [2.24, 2.45) is 5.73 Å². The van der Waals surface area contributed by atoms with Crippen LogP contribution in [0.25, 0.3) is 0 Å². The van der Waals surface area contributed by atoms with Gasteiger partial charge in [-0.25, -0.2) is 4.39 Å². The molecule has 0 heterocycles. The molecule has 3 N–H and O–H groups in total. The van der Waals surface area contributed by atoms with Gasteiger partial charge in [0.2, 0.25) is 0 Å². The third-order valence-corrected chi connectivity index (χ3v) is 2.63. The van der Waals surface area contributed by atoms with Crippen LogP contribution in [0.15, 0.2) is 28.8 Å². The molecule has 1 rings (SSSR count). The molecule has 0 unspecified atom stereocenters. The second-order valence-electron chi connectivity index (χ2n) is 3.59. The summed E-state index contributed by atoms with van der Waals surface area (Å²) in [7, 11) is 0. The Bertz CT molecular complexity index is 392. The molecule has 1 aromatic rings. The van der Waals surface area contributed by atoms with Gasteiger partial charge < -0.3 is 10.8 Å². The SMILES string of the molecule is C=C(C)C[C@@H](N)c1cc(F)cc(Br)c1O. The van der Waals surface area contributed by atoms with Gasteiger partial charge in [0, 0.05) is 11.6 Å². The lowest BCUT2D eigenvalue weighted by molar-refractivity contribution is 0.454. The van der Waals surface area contributed by atoms with Crippen LogP contribution >= 0.6 is 15.9 Å². The Morgan fingerprint density at radius 3 is 2.80 bits per heavy atom. The summed E-state index contributed by atoms with van der Waals surface area (Å²) in [5.41, 5.74) is 7.11. The Morgan fingerprint density at radius 1 is 1.67 bits per heavy atom. The first-order valence-electron chi connectivity index (χ1n) is 4.49. The summed E-state index contributed by atoms with van der Waals surface area (Å²) in [6.07, 6.45) is 0.517. The molecule has 82 valence electrons. The van der Waals surface area contributed by atoms with E-state index in [1.54, 1.807) is 0 Å². The van der Waals surface area contributed by atoms with Gasteiger partial charge in [-0.05, 0) is 41.4 Å². The summed E-state index contributed by atoms with van der Waals surface area (Å²) in [5.74, 6) is -0.433. The fourth-order valence-electron chi connectivity index (χ4n) is 1.35. The highest BCUT2D eigenvalue weighted by Crippen LogP contribution is 2.33. The molecule has 0 bridgehead atoms. The van der Waals surface area contributed by atoms with Crippen molar-refractivity contribution in [3.8, 4) is 5.75 Å². The second-order valence-corrected chi connectivity index (χ2v) is 4.45. The summed E-state index contributed by atoms with van der Waals surface area (Å²) < 4.78 is 13.4. The molecule has 0 radical (unpaired) electrons. The third-order valence-electron chi connectivity index (χ3n) is 2.03. The lowest BCUT2D eigenvalue weighted by Gasteiger charge is -2.14. The highest BCUT2D eigenvalue weighted by molar-refractivity contribution is 9.10. The number of hydrogen-bond donors (Lipinski definition) is 2. The van der Waals surface area contributed by atoms with Crippen LogP contribution in [0, 0.1) is 5.82 Å². The number of hydrogen-bond acceptors (Lipinski definition) is 2. The van der Waals surface area contributed by atoms with Gasteiger partial charge in [-0.15, -0.1) is 6.58 Å². The van der Waals surface area contributed by atoms with Crippen molar-refractivity contribution in [1.29, 1.82) is 0 Å². The molecule has 0 aliphatic heterocycles. The molecule has 4 heteroatoms. The van der Waals surface area contributed by atoms with Crippen LogP contribution in [0.2, 0.25) is 0 Å². The van der Waals surface area contributed by atoms with E-state index in [-0.39, 0.29) is 5.75 Å². The van der Waals surface area contributed by atoms with E-state index in [4.69, 9.17) is 5.73 Å². The maximum Gasteiger partial charge on any atom is 0.134 e. The molecule has 0 fully saturated rings. The smallest absolute Gasteiger partial charge is 0.134 e. The molecule has 2 nitrogen and oxygen atoms in total. The Kier molecular flexibility index (Phi) is 3.88. The second kappa shape index (κ2) is 4.77. The third kappa shape index (κ3) is 3.04. The van der Waals surface area contributed by atoms with Gasteiger partial charge in [-0.1, -0.05) is 5.57 Å². The molecule has 1 aromatic carbocycles. The minimum Gasteiger partial charge on any atom is -0.506 e. The maximum atomic E-state index is 13.1. The van der Waals surface area contributed by atoms with E-state index in [1.807, 2.05) is 6.92 Å². The van der Waals surface area contributed by atoms with Gasteiger partial charge in [0.15, 0.2) is 0 Å². The molecule has 1 atom stereocenters. The van der Waals surface area contributed by atoms with Gasteiger partial charge in [-0.3, -0.25) is 0 Å². The minimum atomic E-state index is -0.436. The molecular formula is C11H13BrFNO. The van der Waals surface area contributed by atoms with Crippen molar-refractivity contribution in [1.82, 2.24) is 0 Å². The normalized spacial score (nSPS) is 12.5. The molecular weight excluding hydrogens is 261 g/mol. The van der Waals surface area contributed by atoms with E-state index in [2.05, 4.69) is 22.5 Å². The quantitative estimate of drug-likeness (QED) is 0.831. The van der Waals surface area contributed by atoms with E-state index in [9.17, 15) is 9.50 Å². The fourth-order valence-corrected chi connectivity index (χ4v) is 1.80. The molecule has 0 spiro atoms. The van der Waals surface area contributed by atoms with Crippen LogP contribution in [0.1, 0.15) is 24.9 Å². The number of nitrogens with two attached hydrogens (primary N) is 1. The minimum absolute atomic E-state index is 0.00912. The van der Waals surface area contributed by atoms with Gasteiger partial charge in [0.05, 0.1) is 4.47 Å². The standard InChI is InChI=1S/C11H13BrFNO/c1-6(2)3-10(14)8-4-7(13)5-9(12)11(8)15/h4-5,10,15H,1,3,14H2,2H3/t10-/m1/s1. The number of benzene rings is 1. The summed E-state index contributed by atoms with van der Waals surface area (Å²) in [5, 5.41) is 9.68. The van der Waals surface area contributed by atoms with Crippen molar-refractivity contribution in [3.05, 3.63) is 40.1 Å². The van der Waals surface area contributed by atoms with Crippen molar-refractivity contribution in [3.63, 3.8) is 0 Å². The zero-order valence-corrected chi connectivity index (χ0v) is 10.0. The Balaban J connectivity index is 3.07. The van der Waals surface area contributed by atoms with Gasteiger partial charge >= 0.3 is 0 Å². The highest BCUT2D eigenvalue weighted by atomic mass is 79.9. The maximum absolute atomic E-state index is 13.1. The van der Waals surface area contributed by atoms with E-state index < -0.39 is 11.9 Å². The number of rotatable bonds is 3. The van der Waals surface area contributed by atoms with Gasteiger partial charge in [0.25, 0.3) is 0 Å². The molecule has 0 amide bonds. The Labute approximate surface area is 96.7 Å². The average molecular weight is 274 g/mol. The zero-order chi connectivity index (χ0) is 11.6. The largest absolute Gasteiger partial charge is 0.506 e. The molecule has 0 saturated heterocycles. The number of halogens is 2. The summed E-state index contributed by atoms with van der Waals surface area (Å²) in [6.45, 7) is 5.57. The highest BCUT2D eigenvalue weighted by Gasteiger charge is 2.15. The number of aromatic hydroxyl groups is 1. The predicted molar refractivity (Wildman–Crippen MR) is 62.1 cm³/mol. The van der Waals surface area contributed by atoms with Crippen LogP contribution < -0.4 is 5.73 Å². The van der Waals surface area contributed by atoms with Crippen molar-refractivity contribution in [2.75, 3.05) is 0 Å². The first-order chi connectivity index (χ1) is 6.91. The van der Waals surface area contributed by atoms with Crippen LogP contribution in [0.3, 0.4) is 0 Å². The fraction of sp³-hybridized carbons (Fsp3) is 0.273. The Morgan fingerprint density at radius 2 is 2.27 bits per heavy atom. The monoisotopic (exact) mass is 273 g/mol. The van der Waals surface area contributed by atoms with Crippen LogP contribution in [-0.2, 0) is 0 Å². The molecule has 15 heavy (non-hydrogen) atoms. The topological polar surface area (TPSA) is 46.2 Å². The Hall–Kier alpha value is -0.870. The van der Waals surface area contributed by atoms with Crippen molar-refractivity contribution >= 4 is 15.9 Å². The molecule has 0 aliphatic carbocycles. The van der Waals surface area contributed by atoms with E-state index in [0.717, 1.165) is 5.57 Å². The van der Waals surface area contributed by atoms with E-state index in [1.165, 1.54) is 12.1 Å².